The Bertz CT molecular complexity index is 701. The average Bonchev–Trinajstić information content (AvgIpc) is 2.50. The van der Waals surface area contributed by atoms with Crippen LogP contribution in [0.3, 0.4) is 0 Å². The van der Waals surface area contributed by atoms with Crippen LogP contribution in [0, 0.1) is 0 Å². The van der Waals surface area contributed by atoms with Gasteiger partial charge in [-0.25, -0.2) is 9.97 Å². The summed E-state index contributed by atoms with van der Waals surface area (Å²) >= 11 is 0. The third-order valence-corrected chi connectivity index (χ3v) is 2.84. The number of aromatic nitrogens is 3. The van der Waals surface area contributed by atoms with Crippen LogP contribution in [0.4, 0.5) is 0 Å². The van der Waals surface area contributed by atoms with Gasteiger partial charge in [-0.3, -0.25) is 0 Å². The molecule has 2 heterocycles. The predicted octanol–water partition coefficient (Wildman–Crippen LogP) is 1.91. The normalized spacial score (nSPS) is 9.95. The molecular weight excluding hydrogens is 234 g/mol. The van der Waals surface area contributed by atoms with Crippen molar-refractivity contribution in [3.63, 3.8) is 0 Å². The minimum atomic E-state index is 0.817. The first-order chi connectivity index (χ1) is 9.22. The van der Waals surface area contributed by atoms with E-state index >= 15 is 0 Å². The molecule has 0 saturated carbocycles. The molecule has 0 bridgehead atoms. The minimum Gasteiger partial charge on any atom is -0.342 e. The van der Waals surface area contributed by atoms with Crippen molar-refractivity contribution >= 4 is 13.2 Å². The molecule has 0 aliphatic rings. The summed E-state index contributed by atoms with van der Waals surface area (Å²) in [6.45, 7) is 11.0. The van der Waals surface area contributed by atoms with E-state index in [1.54, 1.807) is 12.4 Å². The summed E-state index contributed by atoms with van der Waals surface area (Å²) in [7, 11) is 0. The molecule has 2 aromatic rings. The van der Waals surface area contributed by atoms with Crippen LogP contribution in [0.5, 0.6) is 0 Å². The first-order valence-corrected chi connectivity index (χ1v) is 6.19. The highest BCUT2D eigenvalue weighted by molar-refractivity contribution is 5.56. The molecule has 0 saturated heterocycles. The zero-order chi connectivity index (χ0) is 13.7. The minimum absolute atomic E-state index is 0.817. The Hall–Kier alpha value is -2.42. The van der Waals surface area contributed by atoms with Crippen LogP contribution >= 0.6 is 0 Å². The standard InChI is InChI=1S/C16H17N3/c1-4-19-14(3)8-6-5-7-13(2)9-16(19)15-10-17-12-18-11-15/h5-12H,2-4H2,1H3. The van der Waals surface area contributed by atoms with Gasteiger partial charge in [-0.15, -0.1) is 0 Å². The molecule has 0 atom stereocenters. The van der Waals surface area contributed by atoms with Crippen molar-refractivity contribution < 1.29 is 0 Å². The lowest BCUT2D eigenvalue weighted by Crippen LogP contribution is -2.18. The van der Waals surface area contributed by atoms with E-state index in [1.807, 2.05) is 30.3 Å². The van der Waals surface area contributed by atoms with Gasteiger partial charge >= 0.3 is 0 Å². The van der Waals surface area contributed by atoms with E-state index in [4.69, 9.17) is 0 Å². The number of rotatable bonds is 2. The largest absolute Gasteiger partial charge is 0.342 e. The number of nitrogens with zero attached hydrogens (tertiary/aromatic N) is 3. The summed E-state index contributed by atoms with van der Waals surface area (Å²) in [6, 6.07) is 9.90. The van der Waals surface area contributed by atoms with Gasteiger partial charge in [-0.2, -0.15) is 0 Å². The summed E-state index contributed by atoms with van der Waals surface area (Å²) in [5.74, 6) is 0. The predicted molar refractivity (Wildman–Crippen MR) is 79.1 cm³/mol. The zero-order valence-electron chi connectivity index (χ0n) is 11.1. The molecule has 0 spiro atoms. The van der Waals surface area contributed by atoms with Crippen LogP contribution in [0.25, 0.3) is 24.4 Å². The summed E-state index contributed by atoms with van der Waals surface area (Å²) in [4.78, 5) is 8.16. The van der Waals surface area contributed by atoms with E-state index < -0.39 is 0 Å². The van der Waals surface area contributed by atoms with Crippen molar-refractivity contribution in [2.75, 3.05) is 0 Å². The van der Waals surface area contributed by atoms with Crippen LogP contribution < -0.4 is 10.6 Å². The summed E-state index contributed by atoms with van der Waals surface area (Å²) in [5, 5.41) is 1.86. The van der Waals surface area contributed by atoms with E-state index in [2.05, 4.69) is 34.6 Å². The Balaban J connectivity index is 2.89. The van der Waals surface area contributed by atoms with Crippen LogP contribution in [-0.2, 0) is 6.54 Å². The monoisotopic (exact) mass is 251 g/mol. The molecule has 0 fully saturated rings. The Labute approximate surface area is 112 Å². The Morgan fingerprint density at radius 3 is 2.47 bits per heavy atom. The van der Waals surface area contributed by atoms with Crippen molar-refractivity contribution in [2.24, 2.45) is 0 Å². The fourth-order valence-electron chi connectivity index (χ4n) is 1.94. The smallest absolute Gasteiger partial charge is 0.115 e. The van der Waals surface area contributed by atoms with Gasteiger partial charge in [0, 0.05) is 29.9 Å². The number of hydrogen-bond donors (Lipinski definition) is 0. The lowest BCUT2D eigenvalue weighted by Gasteiger charge is -2.09. The maximum absolute atomic E-state index is 4.10. The second-order valence-electron chi connectivity index (χ2n) is 4.19. The molecule has 2 rings (SSSR count). The van der Waals surface area contributed by atoms with Gasteiger partial charge < -0.3 is 4.57 Å². The zero-order valence-corrected chi connectivity index (χ0v) is 11.1. The van der Waals surface area contributed by atoms with Crippen molar-refractivity contribution in [2.45, 2.75) is 13.5 Å². The molecule has 0 radical (unpaired) electrons. The topological polar surface area (TPSA) is 30.7 Å². The fourth-order valence-corrected chi connectivity index (χ4v) is 1.94. The van der Waals surface area contributed by atoms with Gasteiger partial charge in [0.15, 0.2) is 0 Å². The highest BCUT2D eigenvalue weighted by Crippen LogP contribution is 2.12. The maximum Gasteiger partial charge on any atom is 0.115 e. The van der Waals surface area contributed by atoms with Gasteiger partial charge in [0.2, 0.25) is 0 Å². The van der Waals surface area contributed by atoms with E-state index in [-0.39, 0.29) is 0 Å². The first-order valence-electron chi connectivity index (χ1n) is 6.19. The van der Waals surface area contributed by atoms with Gasteiger partial charge in [0.25, 0.3) is 0 Å². The Morgan fingerprint density at radius 2 is 1.79 bits per heavy atom. The quantitative estimate of drug-likeness (QED) is 0.816. The van der Waals surface area contributed by atoms with E-state index in [0.717, 1.165) is 28.4 Å². The average molecular weight is 251 g/mol. The molecule has 0 aliphatic carbocycles. The SMILES string of the molecule is C=c1ccccc(=C)n(CC)c(-c2cncnc2)c1. The lowest BCUT2D eigenvalue weighted by molar-refractivity contribution is 0.744. The second kappa shape index (κ2) is 5.96. The van der Waals surface area contributed by atoms with Gasteiger partial charge in [-0.05, 0) is 24.3 Å². The van der Waals surface area contributed by atoms with Crippen LogP contribution in [0.15, 0.2) is 49.1 Å². The molecule has 3 nitrogen and oxygen atoms in total. The Kier molecular flexibility index (Phi) is 4.08. The molecule has 0 aromatic carbocycles. The van der Waals surface area contributed by atoms with Crippen LogP contribution in [-0.4, -0.2) is 14.5 Å². The van der Waals surface area contributed by atoms with Gasteiger partial charge in [0.1, 0.15) is 6.33 Å². The molecule has 0 N–H and O–H groups in total. The molecule has 0 amide bonds. The molecular formula is C16H17N3. The molecule has 0 unspecified atom stereocenters. The highest BCUT2D eigenvalue weighted by Gasteiger charge is 2.01. The molecule has 19 heavy (non-hydrogen) atoms. The first kappa shape index (κ1) is 13.0. The number of hydrogen-bond acceptors (Lipinski definition) is 2. The highest BCUT2D eigenvalue weighted by atomic mass is 15.0. The fraction of sp³-hybridized carbons (Fsp3) is 0.125. The third kappa shape index (κ3) is 3.07. The lowest BCUT2D eigenvalue weighted by atomic mass is 10.2. The van der Waals surface area contributed by atoms with Gasteiger partial charge in [-0.1, -0.05) is 31.4 Å². The molecule has 2 aromatic heterocycles. The maximum atomic E-state index is 4.10. The van der Waals surface area contributed by atoms with E-state index in [0.29, 0.717) is 0 Å². The second-order valence-corrected chi connectivity index (χ2v) is 4.19. The molecule has 0 aliphatic heterocycles. The van der Waals surface area contributed by atoms with Crippen LogP contribution in [0.1, 0.15) is 6.92 Å². The van der Waals surface area contributed by atoms with Crippen molar-refractivity contribution in [3.8, 4) is 11.3 Å². The van der Waals surface area contributed by atoms with E-state index in [1.165, 1.54) is 6.33 Å². The molecule has 96 valence electrons. The third-order valence-electron chi connectivity index (χ3n) is 2.84. The van der Waals surface area contributed by atoms with Crippen molar-refractivity contribution in [1.29, 1.82) is 0 Å². The molecule has 3 heteroatoms. The summed E-state index contributed by atoms with van der Waals surface area (Å²) < 4.78 is 2.12. The van der Waals surface area contributed by atoms with Crippen molar-refractivity contribution in [1.82, 2.24) is 14.5 Å². The van der Waals surface area contributed by atoms with Gasteiger partial charge in [0.05, 0.1) is 5.69 Å². The summed E-state index contributed by atoms with van der Waals surface area (Å²) in [5.41, 5.74) is 1.96. The summed E-state index contributed by atoms with van der Waals surface area (Å²) in [6.07, 6.45) is 5.12. The Morgan fingerprint density at radius 1 is 1.11 bits per heavy atom. The van der Waals surface area contributed by atoms with Crippen molar-refractivity contribution in [3.05, 3.63) is 59.6 Å². The van der Waals surface area contributed by atoms with Crippen LogP contribution in [0.2, 0.25) is 0 Å². The van der Waals surface area contributed by atoms with E-state index in [9.17, 15) is 0 Å².